The van der Waals surface area contributed by atoms with Crippen molar-refractivity contribution >= 4 is 17.9 Å². The van der Waals surface area contributed by atoms with E-state index >= 15 is 0 Å². The molecule has 0 atom stereocenters. The van der Waals surface area contributed by atoms with Gasteiger partial charge in [-0.15, -0.1) is 0 Å². The van der Waals surface area contributed by atoms with Gasteiger partial charge in [0, 0.05) is 5.56 Å². The summed E-state index contributed by atoms with van der Waals surface area (Å²) in [6.07, 6.45) is 1.67. The van der Waals surface area contributed by atoms with Crippen LogP contribution in [0.1, 0.15) is 21.5 Å². The Bertz CT molecular complexity index is 901. The largest absolute Gasteiger partial charge is 0.497 e. The first-order chi connectivity index (χ1) is 15.0. The maximum atomic E-state index is 12.9. The number of carbonyl (C=O) groups excluding carboxylic acids is 2. The number of hydrogen-bond donors (Lipinski definition) is 3. The van der Waals surface area contributed by atoms with Gasteiger partial charge in [-0.05, 0) is 42.8 Å². The van der Waals surface area contributed by atoms with Gasteiger partial charge in [0.25, 0.3) is 11.8 Å². The number of nitrogens with one attached hydrogen (secondary N) is 3. The van der Waals surface area contributed by atoms with Crippen LogP contribution in [-0.2, 0) is 9.53 Å². The molecule has 0 saturated carbocycles. The molecule has 0 radical (unpaired) electrons. The zero-order valence-electron chi connectivity index (χ0n) is 18.1. The van der Waals surface area contributed by atoms with Crippen LogP contribution in [0.5, 0.6) is 5.75 Å². The zero-order valence-corrected chi connectivity index (χ0v) is 18.1. The predicted molar refractivity (Wildman–Crippen MR) is 119 cm³/mol. The molecule has 7 nitrogen and oxygen atoms in total. The molecule has 31 heavy (non-hydrogen) atoms. The standard InChI is InChI=1S/C24H29N3O4/c1-18-3-7-20(8-4-18)23(28)26-22(17-19-5-9-21(30-2)10-6-19)24(29)25-11-12-27-13-15-31-16-14-27/h3-10,17H,11-16H2,1-2H3,(H,25,29)(H,26,28)/p+1. The summed E-state index contributed by atoms with van der Waals surface area (Å²) in [5, 5.41) is 5.70. The van der Waals surface area contributed by atoms with E-state index in [1.807, 2.05) is 43.3 Å². The van der Waals surface area contributed by atoms with Gasteiger partial charge < -0.3 is 25.0 Å². The van der Waals surface area contributed by atoms with Gasteiger partial charge in [-0.3, -0.25) is 9.59 Å². The number of hydrogen-bond acceptors (Lipinski definition) is 4. The number of benzene rings is 2. The van der Waals surface area contributed by atoms with Crippen molar-refractivity contribution in [3.63, 3.8) is 0 Å². The number of aryl methyl sites for hydroxylation is 1. The Morgan fingerprint density at radius 1 is 1.06 bits per heavy atom. The van der Waals surface area contributed by atoms with E-state index in [0.29, 0.717) is 12.1 Å². The van der Waals surface area contributed by atoms with Crippen LogP contribution < -0.4 is 20.3 Å². The third-order valence-corrected chi connectivity index (χ3v) is 5.20. The Morgan fingerprint density at radius 2 is 1.74 bits per heavy atom. The molecule has 1 heterocycles. The molecule has 2 aromatic carbocycles. The fourth-order valence-corrected chi connectivity index (χ4v) is 3.28. The Balaban J connectivity index is 1.70. The SMILES string of the molecule is COc1ccc(C=C(NC(=O)c2ccc(C)cc2)C(=O)NCC[NH+]2CCOCC2)cc1. The number of methoxy groups -OCH3 is 1. The van der Waals surface area contributed by atoms with Crippen LogP contribution in [0.25, 0.3) is 6.08 Å². The van der Waals surface area contributed by atoms with Crippen LogP contribution in [0.4, 0.5) is 0 Å². The second-order valence-electron chi connectivity index (χ2n) is 7.52. The molecule has 0 aromatic heterocycles. The highest BCUT2D eigenvalue weighted by Crippen LogP contribution is 2.14. The second kappa shape index (κ2) is 11.3. The predicted octanol–water partition coefficient (Wildman–Crippen LogP) is 0.806. The summed E-state index contributed by atoms with van der Waals surface area (Å²) >= 11 is 0. The van der Waals surface area contributed by atoms with Gasteiger partial charge >= 0.3 is 0 Å². The Labute approximate surface area is 183 Å². The summed E-state index contributed by atoms with van der Waals surface area (Å²) in [5.74, 6) is 0.0815. The molecule has 0 aliphatic carbocycles. The first-order valence-electron chi connectivity index (χ1n) is 10.5. The highest BCUT2D eigenvalue weighted by Gasteiger charge is 2.17. The summed E-state index contributed by atoms with van der Waals surface area (Å²) in [5.41, 5.74) is 2.55. The van der Waals surface area contributed by atoms with E-state index in [2.05, 4.69) is 10.6 Å². The van der Waals surface area contributed by atoms with Crippen molar-refractivity contribution in [1.29, 1.82) is 0 Å². The molecular formula is C24H30N3O4+. The first kappa shape index (κ1) is 22.5. The van der Waals surface area contributed by atoms with E-state index < -0.39 is 0 Å². The van der Waals surface area contributed by atoms with Crippen molar-refractivity contribution in [2.75, 3.05) is 46.5 Å². The van der Waals surface area contributed by atoms with Crippen molar-refractivity contribution in [3.05, 3.63) is 70.9 Å². The van der Waals surface area contributed by atoms with Crippen molar-refractivity contribution in [2.24, 2.45) is 0 Å². The lowest BCUT2D eigenvalue weighted by Gasteiger charge is -2.23. The third kappa shape index (κ3) is 6.94. The maximum Gasteiger partial charge on any atom is 0.268 e. The minimum absolute atomic E-state index is 0.202. The molecule has 1 fully saturated rings. The number of amides is 2. The van der Waals surface area contributed by atoms with Crippen molar-refractivity contribution in [3.8, 4) is 5.75 Å². The molecule has 1 aliphatic heterocycles. The lowest BCUT2D eigenvalue weighted by Crippen LogP contribution is -3.14. The van der Waals surface area contributed by atoms with E-state index in [1.165, 1.54) is 4.90 Å². The van der Waals surface area contributed by atoms with E-state index in [4.69, 9.17) is 9.47 Å². The Kier molecular flexibility index (Phi) is 8.20. The lowest BCUT2D eigenvalue weighted by atomic mass is 10.1. The molecule has 2 aromatic rings. The molecule has 0 unspecified atom stereocenters. The van der Waals surface area contributed by atoms with Crippen molar-refractivity contribution < 1.29 is 24.0 Å². The van der Waals surface area contributed by atoms with Gasteiger partial charge in [0.05, 0.1) is 33.4 Å². The van der Waals surface area contributed by atoms with Gasteiger partial charge in [0.2, 0.25) is 0 Å². The lowest BCUT2D eigenvalue weighted by molar-refractivity contribution is -0.906. The second-order valence-corrected chi connectivity index (χ2v) is 7.52. The van der Waals surface area contributed by atoms with E-state index in [9.17, 15) is 9.59 Å². The van der Waals surface area contributed by atoms with Gasteiger partial charge in [-0.2, -0.15) is 0 Å². The highest BCUT2D eigenvalue weighted by atomic mass is 16.5. The third-order valence-electron chi connectivity index (χ3n) is 5.20. The average molecular weight is 425 g/mol. The molecular weight excluding hydrogens is 394 g/mol. The zero-order chi connectivity index (χ0) is 22.1. The van der Waals surface area contributed by atoms with Gasteiger partial charge in [-0.25, -0.2) is 0 Å². The molecule has 164 valence electrons. The number of ether oxygens (including phenoxy) is 2. The van der Waals surface area contributed by atoms with Crippen LogP contribution in [-0.4, -0.2) is 58.3 Å². The highest BCUT2D eigenvalue weighted by molar-refractivity contribution is 6.05. The number of quaternary nitrogens is 1. The van der Waals surface area contributed by atoms with Gasteiger partial charge in [0.1, 0.15) is 24.5 Å². The van der Waals surface area contributed by atoms with Crippen LogP contribution >= 0.6 is 0 Å². The smallest absolute Gasteiger partial charge is 0.268 e. The van der Waals surface area contributed by atoms with E-state index in [-0.39, 0.29) is 17.5 Å². The number of carbonyl (C=O) groups is 2. The van der Waals surface area contributed by atoms with E-state index in [0.717, 1.165) is 49.7 Å². The fraction of sp³-hybridized carbons (Fsp3) is 0.333. The molecule has 1 aliphatic rings. The first-order valence-corrected chi connectivity index (χ1v) is 10.5. The Morgan fingerprint density at radius 3 is 2.39 bits per heavy atom. The number of morpholine rings is 1. The van der Waals surface area contributed by atoms with E-state index in [1.54, 1.807) is 25.3 Å². The summed E-state index contributed by atoms with van der Waals surface area (Å²) in [4.78, 5) is 27.0. The summed E-state index contributed by atoms with van der Waals surface area (Å²) in [7, 11) is 1.60. The monoisotopic (exact) mass is 424 g/mol. The molecule has 3 N–H and O–H groups in total. The summed E-state index contributed by atoms with van der Waals surface area (Å²) in [6, 6.07) is 14.5. The van der Waals surface area contributed by atoms with Crippen LogP contribution in [0.3, 0.4) is 0 Å². The fourth-order valence-electron chi connectivity index (χ4n) is 3.28. The normalized spacial score (nSPS) is 14.7. The topological polar surface area (TPSA) is 81.1 Å². The maximum absolute atomic E-state index is 12.9. The Hall–Kier alpha value is -3.16. The number of rotatable bonds is 8. The van der Waals surface area contributed by atoms with Crippen LogP contribution in [0.15, 0.2) is 54.2 Å². The molecule has 1 saturated heterocycles. The molecule has 0 spiro atoms. The molecule has 0 bridgehead atoms. The van der Waals surface area contributed by atoms with Gasteiger partial charge in [0.15, 0.2) is 0 Å². The van der Waals surface area contributed by atoms with Gasteiger partial charge in [-0.1, -0.05) is 29.8 Å². The van der Waals surface area contributed by atoms with Crippen LogP contribution in [0, 0.1) is 6.92 Å². The molecule has 2 amide bonds. The quantitative estimate of drug-likeness (QED) is 0.548. The minimum Gasteiger partial charge on any atom is -0.497 e. The van der Waals surface area contributed by atoms with Crippen molar-refractivity contribution in [1.82, 2.24) is 10.6 Å². The summed E-state index contributed by atoms with van der Waals surface area (Å²) in [6.45, 7) is 6.67. The molecule has 7 heteroatoms. The average Bonchev–Trinajstić information content (AvgIpc) is 2.80. The minimum atomic E-state index is -0.325. The van der Waals surface area contributed by atoms with Crippen molar-refractivity contribution in [2.45, 2.75) is 6.92 Å². The molecule has 3 rings (SSSR count). The van der Waals surface area contributed by atoms with Crippen LogP contribution in [0.2, 0.25) is 0 Å². The summed E-state index contributed by atoms with van der Waals surface area (Å²) < 4.78 is 10.6.